The Labute approximate surface area is 260 Å². The lowest BCUT2D eigenvalue weighted by Crippen LogP contribution is -2.61. The number of carbonyl (C=O) groups excluding carboxylic acids is 6. The zero-order valence-electron chi connectivity index (χ0n) is 25.5. The van der Waals surface area contributed by atoms with Crippen LogP contribution in [0.3, 0.4) is 0 Å². The van der Waals surface area contributed by atoms with E-state index in [4.69, 9.17) is 17.2 Å². The quantitative estimate of drug-likeness (QED) is 0.0346. The molecule has 0 aliphatic carbocycles. The van der Waals surface area contributed by atoms with Crippen LogP contribution in [0.5, 0.6) is 0 Å². The molecule has 2 aliphatic heterocycles. The zero-order chi connectivity index (χ0) is 33.8. The van der Waals surface area contributed by atoms with Crippen LogP contribution in [-0.2, 0) is 33.6 Å². The summed E-state index contributed by atoms with van der Waals surface area (Å²) in [7, 11) is 0. The molecule has 45 heavy (non-hydrogen) atoms. The van der Waals surface area contributed by atoms with E-state index in [9.17, 15) is 43.8 Å². The lowest BCUT2D eigenvalue weighted by Gasteiger charge is -2.30. The van der Waals surface area contributed by atoms with Gasteiger partial charge in [0.25, 0.3) is 0 Å². The third-order valence-corrected chi connectivity index (χ3v) is 7.60. The molecule has 2 fully saturated rings. The van der Waals surface area contributed by atoms with Crippen LogP contribution in [0.15, 0.2) is 4.99 Å². The molecule has 2 rings (SSSR count). The number of aliphatic hydroxyl groups excluding tert-OH is 1. The molecular weight excluding hydrogens is 594 g/mol. The van der Waals surface area contributed by atoms with Crippen molar-refractivity contribution in [1.29, 1.82) is 0 Å². The van der Waals surface area contributed by atoms with Crippen LogP contribution in [0.4, 0.5) is 0 Å². The summed E-state index contributed by atoms with van der Waals surface area (Å²) in [5.41, 5.74) is 16.4. The summed E-state index contributed by atoms with van der Waals surface area (Å²) in [5.74, 6) is -5.46. The third-order valence-electron chi connectivity index (χ3n) is 7.60. The van der Waals surface area contributed by atoms with Crippen LogP contribution in [0.25, 0.3) is 0 Å². The number of carboxylic acid groups (broad SMARTS) is 1. The van der Waals surface area contributed by atoms with E-state index < -0.39 is 84.3 Å². The molecule has 7 atom stereocenters. The van der Waals surface area contributed by atoms with Crippen LogP contribution in [0.2, 0.25) is 0 Å². The summed E-state index contributed by atoms with van der Waals surface area (Å²) in [6.07, 6.45) is 0.393. The van der Waals surface area contributed by atoms with Crippen LogP contribution >= 0.6 is 0 Å². The van der Waals surface area contributed by atoms with Crippen molar-refractivity contribution in [3.63, 3.8) is 0 Å². The van der Waals surface area contributed by atoms with Gasteiger partial charge in [0.05, 0.1) is 24.6 Å². The molecule has 0 radical (unpaired) electrons. The van der Waals surface area contributed by atoms with Crippen molar-refractivity contribution in [2.75, 3.05) is 19.6 Å². The maximum atomic E-state index is 13.4. The lowest BCUT2D eigenvalue weighted by atomic mass is 10.1. The number of hydrogen-bond donors (Lipinski definition) is 8. The molecular formula is C27H45N9O9. The van der Waals surface area contributed by atoms with Gasteiger partial charge in [0.2, 0.25) is 29.5 Å². The van der Waals surface area contributed by atoms with Gasteiger partial charge in [-0.2, -0.15) is 0 Å². The number of nitrogens with two attached hydrogens (primary N) is 3. The molecule has 11 N–H and O–H groups in total. The highest BCUT2D eigenvalue weighted by Crippen LogP contribution is 2.20. The number of nitrogens with one attached hydrogen (secondary N) is 3. The molecule has 0 saturated carbocycles. The molecule has 2 heterocycles. The van der Waals surface area contributed by atoms with E-state index in [0.29, 0.717) is 32.1 Å². The Morgan fingerprint density at radius 1 is 0.933 bits per heavy atom. The van der Waals surface area contributed by atoms with Crippen LogP contribution in [0.1, 0.15) is 58.8 Å². The molecule has 18 nitrogen and oxygen atoms in total. The second kappa shape index (κ2) is 17.2. The van der Waals surface area contributed by atoms with Gasteiger partial charge in [-0.1, -0.05) is 0 Å². The SMILES string of the molecule is C[C@H](N)C(=O)N1CCC[C@H]1C(=O)N[C@@H](CC(=O)O)C(=O)N[C@H](C(=O)N[C@@H](CCCN=C(N)N)C(=O)N1CCC[C@H]1C=O)[C@@H](C)O. The fourth-order valence-corrected chi connectivity index (χ4v) is 5.31. The molecule has 5 amide bonds. The second-order valence-electron chi connectivity index (χ2n) is 11.3. The average molecular weight is 640 g/mol. The Hall–Kier alpha value is -4.32. The van der Waals surface area contributed by atoms with Crippen molar-refractivity contribution in [2.45, 2.75) is 101 Å². The van der Waals surface area contributed by atoms with Crippen LogP contribution < -0.4 is 33.2 Å². The van der Waals surface area contributed by atoms with Gasteiger partial charge in [-0.05, 0) is 52.4 Å². The van der Waals surface area contributed by atoms with Gasteiger partial charge >= 0.3 is 5.97 Å². The van der Waals surface area contributed by atoms with Gasteiger partial charge in [-0.15, -0.1) is 0 Å². The number of aliphatic carboxylic acids is 1. The number of nitrogens with zero attached hydrogens (tertiary/aromatic N) is 3. The third kappa shape index (κ3) is 10.7. The minimum atomic E-state index is -1.67. The first-order valence-corrected chi connectivity index (χ1v) is 14.9. The van der Waals surface area contributed by atoms with E-state index in [1.807, 2.05) is 0 Å². The maximum absolute atomic E-state index is 13.4. The normalized spacial score (nSPS) is 21.1. The number of hydrogen-bond acceptors (Lipinski definition) is 10. The number of amides is 5. The molecule has 18 heteroatoms. The standard InChI is InChI=1S/C27H45N9O9/c1-14(28)25(44)36-11-5-8-19(36)23(42)33-18(12-20(39)40)22(41)34-21(15(2)38)24(43)32-17(7-3-9-31-27(29)30)26(45)35-10-4-6-16(35)13-37/h13-19,21,38H,3-12,28H2,1-2H3,(H,32,43)(H,33,42)(H,34,41)(H,39,40)(H4,29,30,31)/t14-,15+,16-,17-,18-,19-,21-/m0/s1. The largest absolute Gasteiger partial charge is 0.481 e. The van der Waals surface area contributed by atoms with Gasteiger partial charge in [0, 0.05) is 19.6 Å². The number of aldehydes is 1. The number of carboxylic acids is 1. The topological polar surface area (TPSA) is 293 Å². The van der Waals surface area contributed by atoms with E-state index in [1.54, 1.807) is 0 Å². The van der Waals surface area contributed by atoms with Gasteiger partial charge in [-0.25, -0.2) is 0 Å². The first-order valence-electron chi connectivity index (χ1n) is 14.9. The lowest BCUT2D eigenvalue weighted by molar-refractivity contribution is -0.144. The average Bonchev–Trinajstić information content (AvgIpc) is 3.65. The van der Waals surface area contributed by atoms with E-state index in [-0.39, 0.29) is 38.3 Å². The Bertz CT molecular complexity index is 1140. The van der Waals surface area contributed by atoms with Crippen LogP contribution in [-0.4, -0.2) is 130 Å². The first-order chi connectivity index (χ1) is 21.2. The first kappa shape index (κ1) is 36.9. The molecule has 2 aliphatic rings. The van der Waals surface area contributed by atoms with Gasteiger partial charge < -0.3 is 58.0 Å². The van der Waals surface area contributed by atoms with Crippen molar-refractivity contribution in [2.24, 2.45) is 22.2 Å². The summed E-state index contributed by atoms with van der Waals surface area (Å²) >= 11 is 0. The highest BCUT2D eigenvalue weighted by atomic mass is 16.4. The summed E-state index contributed by atoms with van der Waals surface area (Å²) in [4.78, 5) is 94.9. The van der Waals surface area contributed by atoms with Gasteiger partial charge in [0.1, 0.15) is 30.5 Å². The van der Waals surface area contributed by atoms with Gasteiger partial charge in [0.15, 0.2) is 5.96 Å². The van der Waals surface area contributed by atoms with Gasteiger partial charge in [-0.3, -0.25) is 33.8 Å². The van der Waals surface area contributed by atoms with E-state index in [1.165, 1.54) is 23.6 Å². The highest BCUT2D eigenvalue weighted by Gasteiger charge is 2.39. The maximum Gasteiger partial charge on any atom is 0.305 e. The minimum Gasteiger partial charge on any atom is -0.481 e. The zero-order valence-corrected chi connectivity index (χ0v) is 25.5. The predicted molar refractivity (Wildman–Crippen MR) is 159 cm³/mol. The predicted octanol–water partition coefficient (Wildman–Crippen LogP) is -4.12. The number of carbonyl (C=O) groups is 7. The minimum absolute atomic E-state index is 0.0552. The summed E-state index contributed by atoms with van der Waals surface area (Å²) in [6.45, 7) is 3.36. The highest BCUT2D eigenvalue weighted by molar-refractivity contribution is 5.97. The number of likely N-dealkylation sites (tertiary alicyclic amines) is 2. The summed E-state index contributed by atoms with van der Waals surface area (Å²) < 4.78 is 0. The Morgan fingerprint density at radius 2 is 1.58 bits per heavy atom. The molecule has 0 spiro atoms. The summed E-state index contributed by atoms with van der Waals surface area (Å²) in [5, 5.41) is 26.9. The summed E-state index contributed by atoms with van der Waals surface area (Å²) in [6, 6.07) is -7.03. The van der Waals surface area contributed by atoms with E-state index in [2.05, 4.69) is 20.9 Å². The van der Waals surface area contributed by atoms with E-state index in [0.717, 1.165) is 0 Å². The van der Waals surface area contributed by atoms with Crippen molar-refractivity contribution in [3.8, 4) is 0 Å². The molecule has 252 valence electrons. The van der Waals surface area contributed by atoms with E-state index >= 15 is 0 Å². The number of guanidine groups is 1. The molecule has 0 aromatic heterocycles. The molecule has 0 aromatic carbocycles. The monoisotopic (exact) mass is 639 g/mol. The number of aliphatic imine (C=N–C) groups is 1. The fourth-order valence-electron chi connectivity index (χ4n) is 5.31. The fraction of sp³-hybridized carbons (Fsp3) is 0.704. The van der Waals surface area contributed by atoms with Crippen molar-refractivity contribution in [3.05, 3.63) is 0 Å². The Kier molecular flexibility index (Phi) is 14.1. The molecule has 0 bridgehead atoms. The number of rotatable bonds is 16. The van der Waals surface area contributed by atoms with Crippen molar-refractivity contribution in [1.82, 2.24) is 25.8 Å². The molecule has 0 unspecified atom stereocenters. The van der Waals surface area contributed by atoms with Crippen molar-refractivity contribution < 1.29 is 43.8 Å². The molecule has 2 saturated heterocycles. The number of aliphatic hydroxyl groups is 1. The Balaban J connectivity index is 2.20. The molecule has 0 aromatic rings. The second-order valence-corrected chi connectivity index (χ2v) is 11.3. The van der Waals surface area contributed by atoms with Crippen LogP contribution in [0, 0.1) is 0 Å². The van der Waals surface area contributed by atoms with Crippen molar-refractivity contribution >= 4 is 47.8 Å². The Morgan fingerprint density at radius 3 is 2.16 bits per heavy atom. The smallest absolute Gasteiger partial charge is 0.305 e.